The number of nitrogens with one attached hydrogen (secondary N) is 1. The summed E-state index contributed by atoms with van der Waals surface area (Å²) >= 11 is 0. The number of carbonyl (C=O) groups is 2. The Kier molecular flexibility index (Phi) is 11.4. The molecule has 0 aliphatic carbocycles. The van der Waals surface area contributed by atoms with Gasteiger partial charge in [0.15, 0.2) is 0 Å². The Bertz CT molecular complexity index is 1660. The maximum Gasteiger partial charge on any atom is 0.264 e. The number of para-hydroxylation sites is 2. The normalized spacial score (nSPS) is 12.5. The van der Waals surface area contributed by atoms with Gasteiger partial charge in [0.05, 0.1) is 17.7 Å². The highest BCUT2D eigenvalue weighted by atomic mass is 32.2. The van der Waals surface area contributed by atoms with Gasteiger partial charge in [-0.2, -0.15) is 0 Å². The predicted molar refractivity (Wildman–Crippen MR) is 178 cm³/mol. The summed E-state index contributed by atoms with van der Waals surface area (Å²) < 4.78 is 34.9. The van der Waals surface area contributed by atoms with Gasteiger partial charge >= 0.3 is 0 Å². The van der Waals surface area contributed by atoms with Gasteiger partial charge in [0.2, 0.25) is 11.8 Å². The van der Waals surface area contributed by atoms with Crippen molar-refractivity contribution in [1.82, 2.24) is 10.2 Å². The molecule has 0 radical (unpaired) electrons. The van der Waals surface area contributed by atoms with Crippen LogP contribution in [0.25, 0.3) is 0 Å². The molecule has 45 heavy (non-hydrogen) atoms. The summed E-state index contributed by atoms with van der Waals surface area (Å²) in [5.41, 5.74) is 2.97. The quantitative estimate of drug-likeness (QED) is 0.192. The molecule has 0 saturated heterocycles. The summed E-state index contributed by atoms with van der Waals surface area (Å²) in [4.78, 5) is 30.0. The van der Waals surface area contributed by atoms with E-state index in [-0.39, 0.29) is 35.5 Å². The number of carbonyl (C=O) groups excluding carboxylic acids is 2. The zero-order valence-corrected chi connectivity index (χ0v) is 27.0. The van der Waals surface area contributed by atoms with Crippen LogP contribution in [0.15, 0.2) is 114 Å². The number of aryl methyl sites for hydroxylation is 1. The molecule has 4 aromatic carbocycles. The van der Waals surface area contributed by atoms with E-state index in [0.29, 0.717) is 12.2 Å². The molecule has 9 heteroatoms. The number of methoxy groups -OCH3 is 1. The fourth-order valence-corrected chi connectivity index (χ4v) is 6.40. The van der Waals surface area contributed by atoms with Crippen LogP contribution in [-0.2, 0) is 32.6 Å². The van der Waals surface area contributed by atoms with Gasteiger partial charge in [0.1, 0.15) is 18.3 Å². The topological polar surface area (TPSA) is 96.0 Å². The van der Waals surface area contributed by atoms with E-state index in [4.69, 9.17) is 4.74 Å². The van der Waals surface area contributed by atoms with Crippen LogP contribution in [0.4, 0.5) is 5.69 Å². The van der Waals surface area contributed by atoms with Crippen molar-refractivity contribution in [3.8, 4) is 5.75 Å². The van der Waals surface area contributed by atoms with Gasteiger partial charge in [0.25, 0.3) is 10.0 Å². The molecule has 2 atom stereocenters. The number of anilines is 1. The van der Waals surface area contributed by atoms with E-state index in [0.717, 1.165) is 21.0 Å². The van der Waals surface area contributed by atoms with Crippen LogP contribution in [0.3, 0.4) is 0 Å². The maximum absolute atomic E-state index is 14.6. The van der Waals surface area contributed by atoms with Crippen molar-refractivity contribution < 1.29 is 22.7 Å². The smallest absolute Gasteiger partial charge is 0.264 e. The molecule has 0 spiro atoms. The van der Waals surface area contributed by atoms with E-state index in [1.54, 1.807) is 42.5 Å². The third-order valence-electron chi connectivity index (χ3n) is 7.71. The number of nitrogens with zero attached hydrogens (tertiary/aromatic N) is 2. The van der Waals surface area contributed by atoms with E-state index in [2.05, 4.69) is 5.32 Å². The van der Waals surface area contributed by atoms with Gasteiger partial charge in [-0.1, -0.05) is 97.4 Å². The fraction of sp³-hybridized carbons (Fsp3) is 0.278. The summed E-state index contributed by atoms with van der Waals surface area (Å²) in [6.45, 7) is 5.43. The average molecular weight is 628 g/mol. The average Bonchev–Trinajstić information content (AvgIpc) is 3.06. The molecule has 0 aliphatic rings. The first-order chi connectivity index (χ1) is 21.6. The first-order valence-corrected chi connectivity index (χ1v) is 16.5. The third kappa shape index (κ3) is 8.51. The number of ether oxygens (including phenoxy) is 1. The minimum absolute atomic E-state index is 0.0316. The molecule has 0 aromatic heterocycles. The Hall–Kier alpha value is -4.63. The van der Waals surface area contributed by atoms with Crippen molar-refractivity contribution in [3.63, 3.8) is 0 Å². The number of sulfonamides is 1. The lowest BCUT2D eigenvalue weighted by Crippen LogP contribution is -2.54. The van der Waals surface area contributed by atoms with Gasteiger partial charge in [-0.25, -0.2) is 8.42 Å². The van der Waals surface area contributed by atoms with Gasteiger partial charge in [-0.3, -0.25) is 13.9 Å². The summed E-state index contributed by atoms with van der Waals surface area (Å²) in [6.07, 6.45) is 0.966. The Morgan fingerprint density at radius 2 is 1.42 bits per heavy atom. The Balaban J connectivity index is 1.82. The second-order valence-electron chi connectivity index (χ2n) is 11.0. The standard InChI is InChI=1S/C36H41N3O5S/c1-5-28(3)37-36(41)33(24-29-14-8-6-9-15-29)38(25-30-22-20-27(2)21-23-30)35(40)26-39(32-18-12-13-19-34(32)44-4)45(42,43)31-16-10-7-11-17-31/h6-23,28,33H,5,24-26H2,1-4H3,(H,37,41). The molecule has 2 amide bonds. The van der Waals surface area contributed by atoms with Crippen molar-refractivity contribution in [2.24, 2.45) is 0 Å². The van der Waals surface area contributed by atoms with Crippen LogP contribution in [0.5, 0.6) is 5.75 Å². The lowest BCUT2D eigenvalue weighted by Gasteiger charge is -2.34. The van der Waals surface area contributed by atoms with Crippen molar-refractivity contribution in [3.05, 3.63) is 126 Å². The molecule has 0 fully saturated rings. The van der Waals surface area contributed by atoms with E-state index in [1.807, 2.05) is 75.4 Å². The largest absolute Gasteiger partial charge is 0.495 e. The minimum atomic E-state index is -4.22. The van der Waals surface area contributed by atoms with E-state index >= 15 is 0 Å². The van der Waals surface area contributed by atoms with Crippen LogP contribution in [0, 0.1) is 6.92 Å². The lowest BCUT2D eigenvalue weighted by molar-refractivity contribution is -0.140. The first-order valence-electron chi connectivity index (χ1n) is 15.0. The highest BCUT2D eigenvalue weighted by Crippen LogP contribution is 2.32. The highest BCUT2D eigenvalue weighted by Gasteiger charge is 2.35. The Morgan fingerprint density at radius 3 is 2.04 bits per heavy atom. The second-order valence-corrected chi connectivity index (χ2v) is 12.9. The zero-order chi connectivity index (χ0) is 32.4. The van der Waals surface area contributed by atoms with Crippen LogP contribution in [-0.4, -0.2) is 50.9 Å². The molecule has 236 valence electrons. The third-order valence-corrected chi connectivity index (χ3v) is 9.48. The molecule has 0 saturated carbocycles. The molecule has 8 nitrogen and oxygen atoms in total. The Morgan fingerprint density at radius 1 is 0.822 bits per heavy atom. The highest BCUT2D eigenvalue weighted by molar-refractivity contribution is 7.92. The number of rotatable bonds is 14. The van der Waals surface area contributed by atoms with Crippen molar-refractivity contribution in [2.45, 2.75) is 57.1 Å². The number of amides is 2. The number of hydrogen-bond donors (Lipinski definition) is 1. The van der Waals surface area contributed by atoms with E-state index in [1.165, 1.54) is 24.1 Å². The number of hydrogen-bond acceptors (Lipinski definition) is 5. The molecule has 2 unspecified atom stereocenters. The summed E-state index contributed by atoms with van der Waals surface area (Å²) in [5, 5.41) is 3.05. The van der Waals surface area contributed by atoms with Crippen LogP contribution in [0.1, 0.15) is 37.0 Å². The zero-order valence-electron chi connectivity index (χ0n) is 26.2. The van der Waals surface area contributed by atoms with Gasteiger partial charge in [-0.15, -0.1) is 0 Å². The molecule has 4 rings (SSSR count). The van der Waals surface area contributed by atoms with E-state index in [9.17, 15) is 18.0 Å². The predicted octanol–water partition coefficient (Wildman–Crippen LogP) is 5.75. The monoisotopic (exact) mass is 627 g/mol. The summed E-state index contributed by atoms with van der Waals surface area (Å²) in [6, 6.07) is 30.9. The SMILES string of the molecule is CCC(C)NC(=O)C(Cc1ccccc1)N(Cc1ccc(C)cc1)C(=O)CN(c1ccccc1OC)S(=O)(=O)c1ccccc1. The first kappa shape index (κ1) is 33.3. The van der Waals surface area contributed by atoms with Gasteiger partial charge in [-0.05, 0) is 55.7 Å². The van der Waals surface area contributed by atoms with Crippen molar-refractivity contribution in [1.29, 1.82) is 0 Å². The Labute approximate surface area is 266 Å². The fourth-order valence-electron chi connectivity index (χ4n) is 4.95. The molecule has 0 aliphatic heterocycles. The molecule has 0 heterocycles. The number of benzene rings is 4. The van der Waals surface area contributed by atoms with Crippen molar-refractivity contribution in [2.75, 3.05) is 18.0 Å². The van der Waals surface area contributed by atoms with Gasteiger partial charge < -0.3 is 15.0 Å². The van der Waals surface area contributed by atoms with E-state index < -0.39 is 28.5 Å². The molecule has 4 aromatic rings. The van der Waals surface area contributed by atoms with Crippen LogP contribution in [0.2, 0.25) is 0 Å². The molecular formula is C36H41N3O5S. The molecule has 0 bridgehead atoms. The van der Waals surface area contributed by atoms with Gasteiger partial charge in [0, 0.05) is 19.0 Å². The molecular weight excluding hydrogens is 586 g/mol. The van der Waals surface area contributed by atoms with Crippen molar-refractivity contribution >= 4 is 27.5 Å². The maximum atomic E-state index is 14.6. The summed E-state index contributed by atoms with van der Waals surface area (Å²) in [7, 11) is -2.77. The van der Waals surface area contributed by atoms with Crippen LogP contribution < -0.4 is 14.4 Å². The second kappa shape index (κ2) is 15.4. The summed E-state index contributed by atoms with van der Waals surface area (Å²) in [5.74, 6) is -0.533. The molecule has 1 N–H and O–H groups in total. The van der Waals surface area contributed by atoms with Crippen LogP contribution >= 0.6 is 0 Å². The lowest BCUT2D eigenvalue weighted by atomic mass is 10.0. The minimum Gasteiger partial charge on any atom is -0.495 e.